The van der Waals surface area contributed by atoms with Crippen LogP contribution < -0.4 is 10.6 Å². The average Bonchev–Trinajstić information content (AvgIpc) is 3.31. The summed E-state index contributed by atoms with van der Waals surface area (Å²) in [4.78, 5) is 24.2. The quantitative estimate of drug-likeness (QED) is 0.905. The summed E-state index contributed by atoms with van der Waals surface area (Å²) in [7, 11) is 0. The summed E-state index contributed by atoms with van der Waals surface area (Å²) in [6.45, 7) is 2.43. The van der Waals surface area contributed by atoms with Crippen LogP contribution in [0.15, 0.2) is 36.4 Å². The van der Waals surface area contributed by atoms with Crippen molar-refractivity contribution in [1.82, 2.24) is 5.32 Å². The van der Waals surface area contributed by atoms with Crippen LogP contribution in [0.3, 0.4) is 0 Å². The van der Waals surface area contributed by atoms with E-state index >= 15 is 0 Å². The molecule has 0 heterocycles. The molecule has 1 saturated carbocycles. The number of carbonyl (C=O) groups excluding carboxylic acids is 2. The zero-order chi connectivity index (χ0) is 14.8. The fraction of sp³-hybridized carbons (Fsp3) is 0.294. The number of hydrogen-bond donors (Lipinski definition) is 2. The van der Waals surface area contributed by atoms with Crippen LogP contribution in [-0.4, -0.2) is 18.4 Å². The first kappa shape index (κ1) is 13.6. The van der Waals surface area contributed by atoms with Gasteiger partial charge in [-0.3, -0.25) is 9.59 Å². The molecule has 0 aromatic heterocycles. The van der Waals surface area contributed by atoms with Crippen LogP contribution in [0.4, 0.5) is 5.69 Å². The molecule has 4 nitrogen and oxygen atoms in total. The molecule has 0 radical (unpaired) electrons. The lowest BCUT2D eigenvalue weighted by Gasteiger charge is -2.12. The van der Waals surface area contributed by atoms with Crippen molar-refractivity contribution in [2.24, 2.45) is 5.92 Å². The smallest absolute Gasteiger partial charge is 0.253 e. The average molecular weight is 282 g/mol. The summed E-state index contributed by atoms with van der Waals surface area (Å²) in [6.07, 6.45) is 1.88. The Kier molecular flexibility index (Phi) is 3.60. The molecule has 4 heteroatoms. The molecule has 0 saturated heterocycles. The standard InChI is InChI=1S/C17H18N2O2/c1-2-18-17(21)14-9-12-5-3-4-6-13(12)10-15(14)19-16(20)11-7-8-11/h3-6,9-11H,2,7-8H2,1H3,(H,18,21)(H,19,20). The van der Waals surface area contributed by atoms with Crippen molar-refractivity contribution < 1.29 is 9.59 Å². The monoisotopic (exact) mass is 282 g/mol. The summed E-state index contributed by atoms with van der Waals surface area (Å²) in [5.41, 5.74) is 1.11. The molecule has 21 heavy (non-hydrogen) atoms. The van der Waals surface area contributed by atoms with E-state index in [2.05, 4.69) is 10.6 Å². The highest BCUT2D eigenvalue weighted by molar-refractivity contribution is 6.08. The fourth-order valence-electron chi connectivity index (χ4n) is 2.37. The Labute approximate surface area is 123 Å². The second kappa shape index (κ2) is 5.56. The maximum absolute atomic E-state index is 12.2. The van der Waals surface area contributed by atoms with Gasteiger partial charge in [-0.05, 0) is 42.7 Å². The fourth-order valence-corrected chi connectivity index (χ4v) is 2.37. The second-order valence-corrected chi connectivity index (χ2v) is 5.37. The molecule has 0 bridgehead atoms. The molecule has 3 rings (SSSR count). The highest BCUT2D eigenvalue weighted by Gasteiger charge is 2.30. The lowest BCUT2D eigenvalue weighted by Crippen LogP contribution is -2.25. The Hall–Kier alpha value is -2.36. The third-order valence-electron chi connectivity index (χ3n) is 3.67. The van der Waals surface area contributed by atoms with Gasteiger partial charge in [0.2, 0.25) is 5.91 Å². The third kappa shape index (κ3) is 2.89. The first-order valence-corrected chi connectivity index (χ1v) is 7.31. The van der Waals surface area contributed by atoms with Crippen LogP contribution in [0.2, 0.25) is 0 Å². The Morgan fingerprint density at radius 2 is 1.81 bits per heavy atom. The van der Waals surface area contributed by atoms with Crippen LogP contribution in [0.1, 0.15) is 30.1 Å². The van der Waals surface area contributed by atoms with Gasteiger partial charge >= 0.3 is 0 Å². The van der Waals surface area contributed by atoms with Gasteiger partial charge in [0.1, 0.15) is 0 Å². The highest BCUT2D eigenvalue weighted by atomic mass is 16.2. The Morgan fingerprint density at radius 3 is 2.43 bits per heavy atom. The first-order chi connectivity index (χ1) is 10.2. The van der Waals surface area contributed by atoms with Crippen molar-refractivity contribution in [2.75, 3.05) is 11.9 Å². The minimum absolute atomic E-state index is 0.0100. The number of nitrogens with one attached hydrogen (secondary N) is 2. The van der Waals surface area contributed by atoms with Crippen molar-refractivity contribution in [1.29, 1.82) is 0 Å². The lowest BCUT2D eigenvalue weighted by atomic mass is 10.0. The number of benzene rings is 2. The summed E-state index contributed by atoms with van der Waals surface area (Å²) < 4.78 is 0. The zero-order valence-corrected chi connectivity index (χ0v) is 12.0. The summed E-state index contributed by atoms with van der Waals surface area (Å²) in [5, 5.41) is 7.70. The Bertz CT molecular complexity index is 705. The van der Waals surface area contributed by atoms with Crippen LogP contribution in [0, 0.1) is 5.92 Å². The predicted octanol–water partition coefficient (Wildman–Crippen LogP) is 2.94. The molecule has 1 aliphatic carbocycles. The van der Waals surface area contributed by atoms with E-state index in [1.54, 1.807) is 0 Å². The number of anilines is 1. The number of rotatable bonds is 4. The topological polar surface area (TPSA) is 58.2 Å². The van der Waals surface area contributed by atoms with E-state index in [-0.39, 0.29) is 17.7 Å². The van der Waals surface area contributed by atoms with E-state index < -0.39 is 0 Å². The first-order valence-electron chi connectivity index (χ1n) is 7.31. The Balaban J connectivity index is 2.02. The van der Waals surface area contributed by atoms with Crippen LogP contribution in [-0.2, 0) is 4.79 Å². The van der Waals surface area contributed by atoms with Gasteiger partial charge in [0.25, 0.3) is 5.91 Å². The molecule has 2 N–H and O–H groups in total. The molecule has 1 fully saturated rings. The van der Waals surface area contributed by atoms with Gasteiger partial charge in [-0.1, -0.05) is 24.3 Å². The maximum Gasteiger partial charge on any atom is 0.253 e. The van der Waals surface area contributed by atoms with Gasteiger partial charge < -0.3 is 10.6 Å². The van der Waals surface area contributed by atoms with Crippen molar-refractivity contribution in [3.8, 4) is 0 Å². The molecular weight excluding hydrogens is 264 g/mol. The van der Waals surface area contributed by atoms with Gasteiger partial charge in [0.05, 0.1) is 11.3 Å². The molecule has 108 valence electrons. The van der Waals surface area contributed by atoms with Crippen LogP contribution in [0.5, 0.6) is 0 Å². The van der Waals surface area contributed by atoms with Crippen LogP contribution in [0.25, 0.3) is 10.8 Å². The van der Waals surface area contributed by atoms with E-state index in [0.29, 0.717) is 17.8 Å². The molecular formula is C17H18N2O2. The predicted molar refractivity (Wildman–Crippen MR) is 83.3 cm³/mol. The van der Waals surface area contributed by atoms with E-state index in [4.69, 9.17) is 0 Å². The van der Waals surface area contributed by atoms with Gasteiger partial charge in [0.15, 0.2) is 0 Å². The lowest BCUT2D eigenvalue weighted by molar-refractivity contribution is -0.117. The SMILES string of the molecule is CCNC(=O)c1cc2ccccc2cc1NC(=O)C1CC1. The van der Waals surface area contributed by atoms with Gasteiger partial charge in [-0.15, -0.1) is 0 Å². The van der Waals surface area contributed by atoms with E-state index in [9.17, 15) is 9.59 Å². The molecule has 2 amide bonds. The number of hydrogen-bond acceptors (Lipinski definition) is 2. The summed E-state index contributed by atoms with van der Waals surface area (Å²) >= 11 is 0. The van der Waals surface area contributed by atoms with Gasteiger partial charge in [0, 0.05) is 12.5 Å². The Morgan fingerprint density at radius 1 is 1.14 bits per heavy atom. The molecule has 0 aliphatic heterocycles. The minimum atomic E-state index is -0.158. The molecule has 0 atom stereocenters. The number of carbonyl (C=O) groups is 2. The normalized spacial score (nSPS) is 14.0. The number of fused-ring (bicyclic) bond motifs is 1. The van der Waals surface area contributed by atoms with Crippen molar-refractivity contribution in [3.05, 3.63) is 42.0 Å². The maximum atomic E-state index is 12.2. The molecule has 2 aromatic carbocycles. The zero-order valence-electron chi connectivity index (χ0n) is 12.0. The summed E-state index contributed by atoms with van der Waals surface area (Å²) in [6, 6.07) is 11.5. The van der Waals surface area contributed by atoms with Gasteiger partial charge in [-0.2, -0.15) is 0 Å². The summed E-state index contributed by atoms with van der Waals surface area (Å²) in [5.74, 6) is -0.0382. The van der Waals surface area contributed by atoms with E-state index in [0.717, 1.165) is 23.6 Å². The van der Waals surface area contributed by atoms with Crippen molar-refractivity contribution in [2.45, 2.75) is 19.8 Å². The van der Waals surface area contributed by atoms with E-state index in [1.165, 1.54) is 0 Å². The van der Waals surface area contributed by atoms with Crippen LogP contribution >= 0.6 is 0 Å². The highest BCUT2D eigenvalue weighted by Crippen LogP contribution is 2.31. The molecule has 0 unspecified atom stereocenters. The largest absolute Gasteiger partial charge is 0.352 e. The third-order valence-corrected chi connectivity index (χ3v) is 3.67. The second-order valence-electron chi connectivity index (χ2n) is 5.37. The minimum Gasteiger partial charge on any atom is -0.352 e. The molecule has 0 spiro atoms. The van der Waals surface area contributed by atoms with Crippen molar-refractivity contribution in [3.63, 3.8) is 0 Å². The number of amides is 2. The molecule has 2 aromatic rings. The van der Waals surface area contributed by atoms with Gasteiger partial charge in [-0.25, -0.2) is 0 Å². The van der Waals surface area contributed by atoms with Crippen molar-refractivity contribution >= 4 is 28.3 Å². The molecule has 1 aliphatic rings. The van der Waals surface area contributed by atoms with E-state index in [1.807, 2.05) is 43.3 Å².